The Labute approximate surface area is 102 Å². The lowest BCUT2D eigenvalue weighted by atomic mass is 10.6. The van der Waals surface area contributed by atoms with Crippen LogP contribution in [0.4, 0.5) is 5.95 Å². The third-order valence-corrected chi connectivity index (χ3v) is 2.62. The van der Waals surface area contributed by atoms with E-state index in [9.17, 15) is 9.59 Å². The standard InChI is InChI=1S/C8H13N5O3S/c1-2-16-6(15)4-17-8-12-11-7(10)13(8)3-5(9)14/h2-4H2,1H3,(H2,9,14)(H2,10,11). The van der Waals surface area contributed by atoms with Crippen LogP contribution in [0.5, 0.6) is 0 Å². The molecule has 94 valence electrons. The van der Waals surface area contributed by atoms with Gasteiger partial charge in [-0.2, -0.15) is 0 Å². The second-order valence-corrected chi connectivity index (χ2v) is 3.93. The van der Waals surface area contributed by atoms with E-state index in [1.807, 2.05) is 0 Å². The number of carbonyl (C=O) groups is 2. The SMILES string of the molecule is CCOC(=O)CSc1nnc(N)n1CC(N)=O. The van der Waals surface area contributed by atoms with Gasteiger partial charge in [0.05, 0.1) is 12.4 Å². The number of esters is 1. The number of carbonyl (C=O) groups excluding carboxylic acids is 2. The Bertz CT molecular complexity index is 419. The van der Waals surface area contributed by atoms with Gasteiger partial charge in [-0.05, 0) is 6.92 Å². The summed E-state index contributed by atoms with van der Waals surface area (Å²) in [7, 11) is 0. The minimum absolute atomic E-state index is 0.0741. The van der Waals surface area contributed by atoms with E-state index in [0.717, 1.165) is 11.8 Å². The first kappa shape index (κ1) is 13.3. The molecule has 1 aromatic rings. The molecule has 0 atom stereocenters. The molecule has 1 heterocycles. The van der Waals surface area contributed by atoms with Crippen molar-refractivity contribution in [1.82, 2.24) is 14.8 Å². The van der Waals surface area contributed by atoms with Gasteiger partial charge in [0.25, 0.3) is 0 Å². The fourth-order valence-electron chi connectivity index (χ4n) is 1.04. The smallest absolute Gasteiger partial charge is 0.316 e. The van der Waals surface area contributed by atoms with Crippen LogP contribution < -0.4 is 11.5 Å². The van der Waals surface area contributed by atoms with Crippen LogP contribution in [0.3, 0.4) is 0 Å². The molecule has 0 saturated carbocycles. The van der Waals surface area contributed by atoms with E-state index in [1.165, 1.54) is 4.57 Å². The molecule has 0 fully saturated rings. The van der Waals surface area contributed by atoms with Gasteiger partial charge in [0.1, 0.15) is 6.54 Å². The van der Waals surface area contributed by atoms with Crippen molar-refractivity contribution in [3.05, 3.63) is 0 Å². The third kappa shape index (κ3) is 3.94. The first-order chi connectivity index (χ1) is 8.04. The van der Waals surface area contributed by atoms with Crippen LogP contribution in [0, 0.1) is 0 Å². The Morgan fingerprint density at radius 3 is 2.76 bits per heavy atom. The summed E-state index contributed by atoms with van der Waals surface area (Å²) in [5.41, 5.74) is 10.6. The average molecular weight is 259 g/mol. The summed E-state index contributed by atoms with van der Waals surface area (Å²) in [6.45, 7) is 1.91. The largest absolute Gasteiger partial charge is 0.465 e. The van der Waals surface area contributed by atoms with Gasteiger partial charge in [-0.1, -0.05) is 11.8 Å². The van der Waals surface area contributed by atoms with Crippen molar-refractivity contribution in [2.45, 2.75) is 18.6 Å². The summed E-state index contributed by atoms with van der Waals surface area (Å²) in [5.74, 6) is -0.778. The highest BCUT2D eigenvalue weighted by molar-refractivity contribution is 7.99. The molecule has 0 spiro atoms. The number of amides is 1. The van der Waals surface area contributed by atoms with Crippen molar-refractivity contribution in [2.75, 3.05) is 18.1 Å². The molecule has 0 bridgehead atoms. The lowest BCUT2D eigenvalue weighted by molar-refractivity contribution is -0.139. The summed E-state index contributed by atoms with van der Waals surface area (Å²) in [6.07, 6.45) is 0. The van der Waals surface area contributed by atoms with E-state index in [1.54, 1.807) is 6.92 Å². The zero-order valence-electron chi connectivity index (χ0n) is 9.25. The van der Waals surface area contributed by atoms with Gasteiger partial charge in [-0.15, -0.1) is 10.2 Å². The first-order valence-electron chi connectivity index (χ1n) is 4.80. The molecule has 9 heteroatoms. The van der Waals surface area contributed by atoms with Gasteiger partial charge >= 0.3 is 5.97 Å². The number of primary amides is 1. The van der Waals surface area contributed by atoms with Crippen LogP contribution in [0.1, 0.15) is 6.92 Å². The minimum atomic E-state index is -0.561. The summed E-state index contributed by atoms with van der Waals surface area (Å²) in [4.78, 5) is 21.9. The predicted octanol–water partition coefficient (Wildman–Crippen LogP) is -0.999. The normalized spacial score (nSPS) is 10.2. The summed E-state index contributed by atoms with van der Waals surface area (Å²) in [5, 5.41) is 7.70. The number of nitrogens with zero attached hydrogens (tertiary/aromatic N) is 3. The van der Waals surface area contributed by atoms with Gasteiger partial charge in [-0.3, -0.25) is 14.2 Å². The van der Waals surface area contributed by atoms with Gasteiger partial charge in [0, 0.05) is 0 Å². The number of aromatic nitrogens is 3. The van der Waals surface area contributed by atoms with Gasteiger partial charge in [-0.25, -0.2) is 0 Å². The van der Waals surface area contributed by atoms with E-state index < -0.39 is 5.91 Å². The molecule has 1 rings (SSSR count). The van der Waals surface area contributed by atoms with Crippen LogP contribution in [0.15, 0.2) is 5.16 Å². The number of anilines is 1. The number of thioether (sulfide) groups is 1. The molecule has 1 amide bonds. The number of nitrogen functional groups attached to an aromatic ring is 1. The topological polar surface area (TPSA) is 126 Å². The van der Waals surface area contributed by atoms with Gasteiger partial charge in [0.15, 0.2) is 5.16 Å². The highest BCUT2D eigenvalue weighted by Gasteiger charge is 2.13. The van der Waals surface area contributed by atoms with Crippen LogP contribution >= 0.6 is 11.8 Å². The molecule has 0 aromatic carbocycles. The first-order valence-corrected chi connectivity index (χ1v) is 5.78. The van der Waals surface area contributed by atoms with Crippen molar-refractivity contribution in [3.8, 4) is 0 Å². The number of hydrogen-bond donors (Lipinski definition) is 2. The molecule has 4 N–H and O–H groups in total. The molecule has 0 aliphatic carbocycles. The lowest BCUT2D eigenvalue weighted by Gasteiger charge is -2.04. The fraction of sp³-hybridized carbons (Fsp3) is 0.500. The van der Waals surface area contributed by atoms with Crippen LogP contribution in [0.25, 0.3) is 0 Å². The van der Waals surface area contributed by atoms with Crippen LogP contribution in [0.2, 0.25) is 0 Å². The maximum Gasteiger partial charge on any atom is 0.316 e. The monoisotopic (exact) mass is 259 g/mol. The van der Waals surface area contributed by atoms with Crippen molar-refractivity contribution < 1.29 is 14.3 Å². The molecule has 0 unspecified atom stereocenters. The zero-order chi connectivity index (χ0) is 12.8. The minimum Gasteiger partial charge on any atom is -0.465 e. The Morgan fingerprint density at radius 1 is 1.47 bits per heavy atom. The van der Waals surface area contributed by atoms with E-state index in [-0.39, 0.29) is 24.2 Å². The van der Waals surface area contributed by atoms with E-state index in [4.69, 9.17) is 16.2 Å². The Balaban J connectivity index is 2.64. The van der Waals surface area contributed by atoms with E-state index in [2.05, 4.69) is 10.2 Å². The maximum absolute atomic E-state index is 11.1. The summed E-state index contributed by atoms with van der Waals surface area (Å²) in [6, 6.07) is 0. The van der Waals surface area contributed by atoms with Crippen molar-refractivity contribution in [2.24, 2.45) is 5.73 Å². The second-order valence-electron chi connectivity index (χ2n) is 2.99. The Hall–Kier alpha value is -1.77. The molecular formula is C8H13N5O3S. The molecule has 0 aliphatic heterocycles. The number of hydrogen-bond acceptors (Lipinski definition) is 7. The zero-order valence-corrected chi connectivity index (χ0v) is 10.1. The van der Waals surface area contributed by atoms with Crippen molar-refractivity contribution in [1.29, 1.82) is 0 Å². The maximum atomic E-state index is 11.1. The summed E-state index contributed by atoms with van der Waals surface area (Å²) < 4.78 is 6.09. The summed E-state index contributed by atoms with van der Waals surface area (Å²) >= 11 is 1.08. The number of rotatable bonds is 6. The Morgan fingerprint density at radius 2 is 2.18 bits per heavy atom. The van der Waals surface area contributed by atoms with E-state index >= 15 is 0 Å². The van der Waals surface area contributed by atoms with Gasteiger partial charge < -0.3 is 16.2 Å². The van der Waals surface area contributed by atoms with Crippen LogP contribution in [-0.4, -0.2) is 39.0 Å². The van der Waals surface area contributed by atoms with Crippen LogP contribution in [-0.2, 0) is 20.9 Å². The number of nitrogens with two attached hydrogens (primary N) is 2. The van der Waals surface area contributed by atoms with Gasteiger partial charge in [0.2, 0.25) is 11.9 Å². The molecule has 17 heavy (non-hydrogen) atoms. The average Bonchev–Trinajstić information content (AvgIpc) is 2.58. The lowest BCUT2D eigenvalue weighted by Crippen LogP contribution is -2.20. The molecule has 0 aliphatic rings. The highest BCUT2D eigenvalue weighted by atomic mass is 32.2. The molecule has 1 aromatic heterocycles. The quantitative estimate of drug-likeness (QED) is 0.495. The van der Waals surface area contributed by atoms with Crippen molar-refractivity contribution >= 4 is 29.6 Å². The second kappa shape index (κ2) is 6.09. The third-order valence-electron chi connectivity index (χ3n) is 1.68. The predicted molar refractivity (Wildman–Crippen MR) is 61.0 cm³/mol. The molecule has 8 nitrogen and oxygen atoms in total. The fourth-order valence-corrected chi connectivity index (χ4v) is 1.78. The van der Waals surface area contributed by atoms with E-state index in [0.29, 0.717) is 11.8 Å². The number of ether oxygens (including phenoxy) is 1. The molecular weight excluding hydrogens is 246 g/mol. The van der Waals surface area contributed by atoms with Crippen molar-refractivity contribution in [3.63, 3.8) is 0 Å². The molecule has 0 saturated heterocycles. The highest BCUT2D eigenvalue weighted by Crippen LogP contribution is 2.17. The molecule has 0 radical (unpaired) electrons. The Kier molecular flexibility index (Phi) is 4.76.